The number of hydrogen-bond acceptors (Lipinski definition) is 4. The molecule has 1 aromatic heterocycles. The zero-order chi connectivity index (χ0) is 16.0. The number of hydrogen-bond donors (Lipinski definition) is 1. The number of rotatable bonds is 5. The van der Waals surface area contributed by atoms with E-state index in [0.29, 0.717) is 26.1 Å². The van der Waals surface area contributed by atoms with Crippen LogP contribution in [0.1, 0.15) is 18.5 Å². The second kappa shape index (κ2) is 7.58. The van der Waals surface area contributed by atoms with Crippen LogP contribution < -0.4 is 5.32 Å². The molecule has 7 heteroatoms. The highest BCUT2D eigenvalue weighted by molar-refractivity contribution is 7.90. The Morgan fingerprint density at radius 3 is 2.95 bits per heavy atom. The molecule has 1 aliphatic heterocycles. The number of nitrogens with zero attached hydrogens (tertiary/aromatic N) is 2. The summed E-state index contributed by atoms with van der Waals surface area (Å²) in [6.07, 6.45) is 5.39. The van der Waals surface area contributed by atoms with Crippen molar-refractivity contribution in [2.45, 2.75) is 19.3 Å². The fourth-order valence-electron chi connectivity index (χ4n) is 2.77. The van der Waals surface area contributed by atoms with E-state index in [0.717, 1.165) is 18.5 Å². The highest BCUT2D eigenvalue weighted by atomic mass is 32.2. The van der Waals surface area contributed by atoms with E-state index in [1.807, 2.05) is 18.2 Å². The van der Waals surface area contributed by atoms with Gasteiger partial charge < -0.3 is 10.2 Å². The first kappa shape index (κ1) is 16.7. The minimum Gasteiger partial charge on any atom is -0.338 e. The lowest BCUT2D eigenvalue weighted by atomic mass is 10.0. The van der Waals surface area contributed by atoms with Crippen LogP contribution in [-0.2, 0) is 16.3 Å². The number of piperidine rings is 1. The number of nitrogens with one attached hydrogen (secondary N) is 1. The Morgan fingerprint density at radius 2 is 2.27 bits per heavy atom. The van der Waals surface area contributed by atoms with Crippen molar-refractivity contribution in [1.82, 2.24) is 15.2 Å². The standard InChI is InChI=1S/C15H23N3O3S/c1-22(20,21)12-13-5-4-10-18(11-13)15(19)17-9-7-14-6-2-3-8-16-14/h2-3,6,8,13H,4-5,7,9-12H2,1H3,(H,17,19)/t13-/m1/s1. The first-order valence-corrected chi connectivity index (χ1v) is 9.60. The monoisotopic (exact) mass is 325 g/mol. The number of amides is 2. The smallest absolute Gasteiger partial charge is 0.317 e. The summed E-state index contributed by atoms with van der Waals surface area (Å²) in [5, 5.41) is 2.88. The highest BCUT2D eigenvalue weighted by Crippen LogP contribution is 2.18. The summed E-state index contributed by atoms with van der Waals surface area (Å²) in [7, 11) is -2.99. The first-order chi connectivity index (χ1) is 10.4. The van der Waals surface area contributed by atoms with Crippen LogP contribution >= 0.6 is 0 Å². The zero-order valence-corrected chi connectivity index (χ0v) is 13.7. The second-order valence-electron chi connectivity index (χ2n) is 5.85. The van der Waals surface area contributed by atoms with Gasteiger partial charge in [-0.05, 0) is 30.9 Å². The normalized spacial score (nSPS) is 19.0. The van der Waals surface area contributed by atoms with Crippen LogP contribution in [0, 0.1) is 5.92 Å². The third-order valence-electron chi connectivity index (χ3n) is 3.73. The quantitative estimate of drug-likeness (QED) is 0.879. The van der Waals surface area contributed by atoms with E-state index < -0.39 is 9.84 Å². The Hall–Kier alpha value is -1.63. The van der Waals surface area contributed by atoms with E-state index >= 15 is 0 Å². The summed E-state index contributed by atoms with van der Waals surface area (Å²) in [6, 6.07) is 5.59. The van der Waals surface area contributed by atoms with Gasteiger partial charge in [-0.15, -0.1) is 0 Å². The molecule has 0 bridgehead atoms. The van der Waals surface area contributed by atoms with Gasteiger partial charge in [0.25, 0.3) is 0 Å². The number of likely N-dealkylation sites (tertiary alicyclic amines) is 1. The molecule has 2 rings (SSSR count). The third-order valence-corrected chi connectivity index (χ3v) is 4.81. The fourth-order valence-corrected chi connectivity index (χ4v) is 3.90. The zero-order valence-electron chi connectivity index (χ0n) is 12.9. The highest BCUT2D eigenvalue weighted by Gasteiger charge is 2.25. The maximum absolute atomic E-state index is 12.1. The molecule has 0 unspecified atom stereocenters. The van der Waals surface area contributed by atoms with Crippen LogP contribution in [0.15, 0.2) is 24.4 Å². The average molecular weight is 325 g/mol. The average Bonchev–Trinajstić information content (AvgIpc) is 2.47. The fraction of sp³-hybridized carbons (Fsp3) is 0.600. The molecule has 1 fully saturated rings. The lowest BCUT2D eigenvalue weighted by Crippen LogP contribution is -2.47. The minimum atomic E-state index is -2.99. The molecule has 1 saturated heterocycles. The Morgan fingerprint density at radius 1 is 1.45 bits per heavy atom. The van der Waals surface area contributed by atoms with Crippen molar-refractivity contribution in [2.75, 3.05) is 31.6 Å². The van der Waals surface area contributed by atoms with Gasteiger partial charge in [-0.25, -0.2) is 13.2 Å². The Balaban J connectivity index is 1.77. The SMILES string of the molecule is CS(=O)(=O)C[C@@H]1CCCN(C(=O)NCCc2ccccn2)C1. The number of pyridine rings is 1. The molecule has 2 heterocycles. The molecule has 1 N–H and O–H groups in total. The van der Waals surface area contributed by atoms with Crippen LogP contribution in [0.5, 0.6) is 0 Å². The largest absolute Gasteiger partial charge is 0.338 e. The third kappa shape index (κ3) is 5.63. The van der Waals surface area contributed by atoms with Gasteiger partial charge in [-0.3, -0.25) is 4.98 Å². The molecular weight excluding hydrogens is 302 g/mol. The number of carbonyl (C=O) groups is 1. The molecule has 0 radical (unpaired) electrons. The summed E-state index contributed by atoms with van der Waals surface area (Å²) >= 11 is 0. The van der Waals surface area contributed by atoms with Crippen molar-refractivity contribution >= 4 is 15.9 Å². The first-order valence-electron chi connectivity index (χ1n) is 7.54. The Kier molecular flexibility index (Phi) is 5.76. The molecular formula is C15H23N3O3S. The predicted molar refractivity (Wildman–Crippen MR) is 85.3 cm³/mol. The van der Waals surface area contributed by atoms with E-state index in [9.17, 15) is 13.2 Å². The second-order valence-corrected chi connectivity index (χ2v) is 8.03. The van der Waals surface area contributed by atoms with Crippen LogP contribution in [0.2, 0.25) is 0 Å². The number of aromatic nitrogens is 1. The van der Waals surface area contributed by atoms with Crippen molar-refractivity contribution in [3.8, 4) is 0 Å². The lowest BCUT2D eigenvalue weighted by Gasteiger charge is -2.32. The minimum absolute atomic E-state index is 0.0466. The van der Waals surface area contributed by atoms with Crippen molar-refractivity contribution in [3.63, 3.8) is 0 Å². The van der Waals surface area contributed by atoms with Crippen LogP contribution in [0.25, 0.3) is 0 Å². The molecule has 6 nitrogen and oxygen atoms in total. The molecule has 0 spiro atoms. The molecule has 0 aromatic carbocycles. The number of sulfone groups is 1. The topological polar surface area (TPSA) is 79.4 Å². The van der Waals surface area contributed by atoms with Gasteiger partial charge in [-0.1, -0.05) is 6.07 Å². The maximum Gasteiger partial charge on any atom is 0.317 e. The van der Waals surface area contributed by atoms with Crippen molar-refractivity contribution in [1.29, 1.82) is 0 Å². The summed E-state index contributed by atoms with van der Waals surface area (Å²) in [5.41, 5.74) is 0.941. The Labute approximate surface area is 131 Å². The van der Waals surface area contributed by atoms with E-state index in [1.54, 1.807) is 11.1 Å². The summed E-state index contributed by atoms with van der Waals surface area (Å²) in [4.78, 5) is 18.1. The molecule has 22 heavy (non-hydrogen) atoms. The summed E-state index contributed by atoms with van der Waals surface area (Å²) < 4.78 is 22.8. The van der Waals surface area contributed by atoms with Gasteiger partial charge in [-0.2, -0.15) is 0 Å². The molecule has 1 atom stereocenters. The van der Waals surface area contributed by atoms with E-state index in [4.69, 9.17) is 0 Å². The van der Waals surface area contributed by atoms with Gasteiger partial charge >= 0.3 is 6.03 Å². The van der Waals surface area contributed by atoms with E-state index in [1.165, 1.54) is 6.26 Å². The summed E-state index contributed by atoms with van der Waals surface area (Å²) in [5.74, 6) is 0.204. The number of carbonyl (C=O) groups excluding carboxylic acids is 1. The molecule has 1 aliphatic rings. The maximum atomic E-state index is 12.1. The summed E-state index contributed by atoms with van der Waals surface area (Å²) in [6.45, 7) is 1.74. The van der Waals surface area contributed by atoms with Crippen LogP contribution in [0.3, 0.4) is 0 Å². The van der Waals surface area contributed by atoms with Crippen LogP contribution in [0.4, 0.5) is 4.79 Å². The molecule has 122 valence electrons. The van der Waals surface area contributed by atoms with E-state index in [2.05, 4.69) is 10.3 Å². The lowest BCUT2D eigenvalue weighted by molar-refractivity contribution is 0.170. The van der Waals surface area contributed by atoms with Gasteiger partial charge in [0.1, 0.15) is 9.84 Å². The van der Waals surface area contributed by atoms with Gasteiger partial charge in [0.2, 0.25) is 0 Å². The number of urea groups is 1. The van der Waals surface area contributed by atoms with E-state index in [-0.39, 0.29) is 17.7 Å². The van der Waals surface area contributed by atoms with Gasteiger partial charge in [0, 0.05) is 44.2 Å². The van der Waals surface area contributed by atoms with Gasteiger partial charge in [0.15, 0.2) is 0 Å². The van der Waals surface area contributed by atoms with Crippen molar-refractivity contribution in [2.24, 2.45) is 5.92 Å². The van der Waals surface area contributed by atoms with Crippen molar-refractivity contribution in [3.05, 3.63) is 30.1 Å². The molecule has 1 aromatic rings. The molecule has 0 saturated carbocycles. The molecule has 0 aliphatic carbocycles. The Bertz CT molecular complexity index is 589. The molecule has 2 amide bonds. The van der Waals surface area contributed by atoms with Crippen molar-refractivity contribution < 1.29 is 13.2 Å². The van der Waals surface area contributed by atoms with Crippen LogP contribution in [-0.4, -0.2) is 56.0 Å². The van der Waals surface area contributed by atoms with Gasteiger partial charge in [0.05, 0.1) is 5.75 Å². The predicted octanol–water partition coefficient (Wildman–Crippen LogP) is 1.09.